The summed E-state index contributed by atoms with van der Waals surface area (Å²) in [6.07, 6.45) is 5.60. The average molecular weight is 479 g/mol. The molecule has 10 heteroatoms. The molecule has 1 fully saturated rings. The molecule has 0 saturated carbocycles. The van der Waals surface area contributed by atoms with E-state index in [-0.39, 0.29) is 29.0 Å². The van der Waals surface area contributed by atoms with Gasteiger partial charge in [-0.3, -0.25) is 24.5 Å². The lowest BCUT2D eigenvalue weighted by molar-refractivity contribution is -0.384. The van der Waals surface area contributed by atoms with Crippen molar-refractivity contribution in [1.29, 1.82) is 0 Å². The van der Waals surface area contributed by atoms with Crippen LogP contribution < -0.4 is 5.32 Å². The van der Waals surface area contributed by atoms with Crippen molar-refractivity contribution in [1.82, 2.24) is 15.1 Å². The van der Waals surface area contributed by atoms with Crippen LogP contribution in [0.25, 0.3) is 0 Å². The Balaban J connectivity index is 2.00. The van der Waals surface area contributed by atoms with Gasteiger partial charge in [0.15, 0.2) is 0 Å². The van der Waals surface area contributed by atoms with Crippen LogP contribution in [-0.4, -0.2) is 77.2 Å². The fourth-order valence-electron chi connectivity index (χ4n) is 3.88. The number of nitrogens with zero attached hydrogens (tertiary/aromatic N) is 3. The highest BCUT2D eigenvalue weighted by Crippen LogP contribution is 2.21. The summed E-state index contributed by atoms with van der Waals surface area (Å²) in [6.45, 7) is 3.78. The maximum atomic E-state index is 13.2. The number of benzene rings is 1. The number of rotatable bonds is 11. The molecule has 1 aromatic carbocycles. The maximum absolute atomic E-state index is 13.2. The van der Waals surface area contributed by atoms with Crippen LogP contribution in [0.2, 0.25) is 0 Å². The van der Waals surface area contributed by atoms with Crippen LogP contribution in [0, 0.1) is 16.0 Å². The molecular weight excluding hydrogens is 444 g/mol. The predicted molar refractivity (Wildman–Crippen MR) is 129 cm³/mol. The highest BCUT2D eigenvalue weighted by Gasteiger charge is 2.32. The smallest absolute Gasteiger partial charge is 0.270 e. The zero-order valence-electron chi connectivity index (χ0n) is 19.6. The first-order chi connectivity index (χ1) is 15.8. The monoisotopic (exact) mass is 478 g/mol. The SMILES string of the molecule is CCCCN(C)C(=O)C1CCN(C(=O)C(CCSC)NC(=O)c2cccc([N+](=O)[O-])c2)CC1. The van der Waals surface area contributed by atoms with E-state index in [0.29, 0.717) is 38.1 Å². The number of carbonyl (C=O) groups excluding carboxylic acids is 3. The lowest BCUT2D eigenvalue weighted by Crippen LogP contribution is -2.52. The lowest BCUT2D eigenvalue weighted by atomic mass is 9.94. The summed E-state index contributed by atoms with van der Waals surface area (Å²) in [5.41, 5.74) is -0.0316. The van der Waals surface area contributed by atoms with Gasteiger partial charge < -0.3 is 15.1 Å². The molecule has 0 spiro atoms. The molecule has 182 valence electrons. The molecule has 1 aliphatic heterocycles. The van der Waals surface area contributed by atoms with E-state index in [1.807, 2.05) is 13.3 Å². The molecule has 1 N–H and O–H groups in total. The Labute approximate surface area is 199 Å². The molecule has 1 atom stereocenters. The molecule has 2 rings (SSSR count). The second-order valence-corrected chi connectivity index (χ2v) is 9.31. The largest absolute Gasteiger partial charge is 0.346 e. The fraction of sp³-hybridized carbons (Fsp3) is 0.609. The molecule has 0 aromatic heterocycles. The molecule has 1 aromatic rings. The number of hydrogen-bond donors (Lipinski definition) is 1. The molecule has 1 unspecified atom stereocenters. The Kier molecular flexibility index (Phi) is 10.6. The van der Waals surface area contributed by atoms with E-state index < -0.39 is 16.9 Å². The van der Waals surface area contributed by atoms with E-state index in [1.54, 1.807) is 21.6 Å². The van der Waals surface area contributed by atoms with Crippen LogP contribution in [-0.2, 0) is 9.59 Å². The van der Waals surface area contributed by atoms with Gasteiger partial charge in [-0.05, 0) is 43.8 Å². The summed E-state index contributed by atoms with van der Waals surface area (Å²) >= 11 is 1.58. The zero-order valence-corrected chi connectivity index (χ0v) is 20.4. The number of nitro benzene ring substituents is 1. The van der Waals surface area contributed by atoms with Crippen LogP contribution >= 0.6 is 11.8 Å². The number of piperidine rings is 1. The van der Waals surface area contributed by atoms with E-state index in [1.165, 1.54) is 24.3 Å². The summed E-state index contributed by atoms with van der Waals surface area (Å²) < 4.78 is 0. The summed E-state index contributed by atoms with van der Waals surface area (Å²) in [7, 11) is 1.83. The third kappa shape index (κ3) is 7.73. The number of hydrogen-bond acceptors (Lipinski definition) is 6. The third-order valence-corrected chi connectivity index (χ3v) is 6.56. The summed E-state index contributed by atoms with van der Waals surface area (Å²) in [6, 6.07) is 4.75. The van der Waals surface area contributed by atoms with Crippen molar-refractivity contribution in [3.05, 3.63) is 39.9 Å². The van der Waals surface area contributed by atoms with Crippen molar-refractivity contribution >= 4 is 35.2 Å². The van der Waals surface area contributed by atoms with Crippen molar-refractivity contribution in [2.75, 3.05) is 38.7 Å². The quantitative estimate of drug-likeness (QED) is 0.386. The van der Waals surface area contributed by atoms with Gasteiger partial charge in [-0.1, -0.05) is 19.4 Å². The Morgan fingerprint density at radius 2 is 2.00 bits per heavy atom. The summed E-state index contributed by atoms with van der Waals surface area (Å²) in [5, 5.41) is 13.8. The molecule has 1 heterocycles. The second kappa shape index (κ2) is 13.2. The number of non-ortho nitro benzene ring substituents is 1. The minimum absolute atomic E-state index is 0.0833. The van der Waals surface area contributed by atoms with E-state index in [4.69, 9.17) is 0 Å². The first kappa shape index (κ1) is 26.6. The van der Waals surface area contributed by atoms with E-state index in [0.717, 1.165) is 19.4 Å². The molecule has 0 bridgehead atoms. The Hall–Kier alpha value is -2.62. The van der Waals surface area contributed by atoms with Crippen LogP contribution in [0.1, 0.15) is 49.4 Å². The Morgan fingerprint density at radius 1 is 1.30 bits per heavy atom. The second-order valence-electron chi connectivity index (χ2n) is 8.33. The number of nitro groups is 1. The summed E-state index contributed by atoms with van der Waals surface area (Å²) in [4.78, 5) is 52.5. The van der Waals surface area contributed by atoms with Crippen molar-refractivity contribution in [3.8, 4) is 0 Å². The number of thioether (sulfide) groups is 1. The van der Waals surface area contributed by atoms with E-state index in [9.17, 15) is 24.5 Å². The Morgan fingerprint density at radius 3 is 2.61 bits per heavy atom. The minimum atomic E-state index is -0.719. The van der Waals surface area contributed by atoms with Gasteiger partial charge in [0.05, 0.1) is 4.92 Å². The zero-order chi connectivity index (χ0) is 24.4. The first-order valence-electron chi connectivity index (χ1n) is 11.4. The first-order valence-corrected chi connectivity index (χ1v) is 12.8. The normalized spacial score (nSPS) is 15.1. The van der Waals surface area contributed by atoms with Gasteiger partial charge in [0.1, 0.15) is 6.04 Å². The predicted octanol–water partition coefficient (Wildman–Crippen LogP) is 2.94. The number of likely N-dealkylation sites (tertiary alicyclic amines) is 1. The molecule has 33 heavy (non-hydrogen) atoms. The van der Waals surface area contributed by atoms with Crippen molar-refractivity contribution in [3.63, 3.8) is 0 Å². The number of unbranched alkanes of at least 4 members (excludes halogenated alkanes) is 1. The summed E-state index contributed by atoms with van der Waals surface area (Å²) in [5.74, 6) is 0.0466. The minimum Gasteiger partial charge on any atom is -0.346 e. The number of nitrogens with one attached hydrogen (secondary N) is 1. The molecular formula is C23H34N4O5S. The molecule has 1 saturated heterocycles. The van der Waals surface area contributed by atoms with Gasteiger partial charge >= 0.3 is 0 Å². The highest BCUT2D eigenvalue weighted by atomic mass is 32.2. The van der Waals surface area contributed by atoms with Gasteiger partial charge in [0.2, 0.25) is 11.8 Å². The average Bonchev–Trinajstić information content (AvgIpc) is 2.84. The molecule has 9 nitrogen and oxygen atoms in total. The van der Waals surface area contributed by atoms with Crippen molar-refractivity contribution in [2.24, 2.45) is 5.92 Å². The highest BCUT2D eigenvalue weighted by molar-refractivity contribution is 7.98. The van der Waals surface area contributed by atoms with Crippen LogP contribution in [0.15, 0.2) is 24.3 Å². The molecule has 0 aliphatic carbocycles. The van der Waals surface area contributed by atoms with Gasteiger partial charge in [-0.2, -0.15) is 11.8 Å². The van der Waals surface area contributed by atoms with Crippen LogP contribution in [0.3, 0.4) is 0 Å². The van der Waals surface area contributed by atoms with E-state index in [2.05, 4.69) is 12.2 Å². The number of amides is 3. The molecule has 1 aliphatic rings. The van der Waals surface area contributed by atoms with Gasteiger partial charge in [0.25, 0.3) is 11.6 Å². The number of carbonyl (C=O) groups is 3. The maximum Gasteiger partial charge on any atom is 0.270 e. The van der Waals surface area contributed by atoms with Gasteiger partial charge in [-0.25, -0.2) is 0 Å². The van der Waals surface area contributed by atoms with Crippen LogP contribution in [0.5, 0.6) is 0 Å². The standard InChI is InChI=1S/C23H34N4O5S/c1-4-5-12-25(2)22(29)17-9-13-26(14-10-17)23(30)20(11-15-33-3)24-21(28)18-7-6-8-19(16-18)27(31)32/h6-8,16-17,20H,4-5,9-15H2,1-3H3,(H,24,28). The van der Waals surface area contributed by atoms with Crippen molar-refractivity contribution < 1.29 is 19.3 Å². The van der Waals surface area contributed by atoms with E-state index >= 15 is 0 Å². The fourth-order valence-corrected chi connectivity index (χ4v) is 4.35. The Bertz CT molecular complexity index is 842. The molecule has 3 amide bonds. The van der Waals surface area contributed by atoms with Gasteiger partial charge in [0, 0.05) is 50.3 Å². The topological polar surface area (TPSA) is 113 Å². The third-order valence-electron chi connectivity index (χ3n) is 5.91. The lowest BCUT2D eigenvalue weighted by Gasteiger charge is -2.35. The van der Waals surface area contributed by atoms with Gasteiger partial charge in [-0.15, -0.1) is 0 Å². The van der Waals surface area contributed by atoms with Crippen molar-refractivity contribution in [2.45, 2.75) is 45.1 Å². The molecule has 0 radical (unpaired) electrons. The van der Waals surface area contributed by atoms with Crippen LogP contribution in [0.4, 0.5) is 5.69 Å².